The van der Waals surface area contributed by atoms with Gasteiger partial charge in [0.25, 0.3) is 11.8 Å². The number of fused-ring (bicyclic) bond motifs is 2. The van der Waals surface area contributed by atoms with Crippen LogP contribution in [-0.4, -0.2) is 49.0 Å². The van der Waals surface area contributed by atoms with E-state index in [1.165, 1.54) is 12.0 Å². The van der Waals surface area contributed by atoms with E-state index in [0.29, 0.717) is 34.4 Å². The van der Waals surface area contributed by atoms with E-state index in [1.54, 1.807) is 30.3 Å². The van der Waals surface area contributed by atoms with Crippen LogP contribution in [0.25, 0.3) is 11.0 Å². The third-order valence-corrected chi connectivity index (χ3v) is 6.19. The van der Waals surface area contributed by atoms with Gasteiger partial charge in [-0.15, -0.1) is 0 Å². The lowest BCUT2D eigenvalue weighted by Crippen LogP contribution is -2.52. The summed E-state index contributed by atoms with van der Waals surface area (Å²) >= 11 is 0. The molecule has 1 saturated heterocycles. The summed E-state index contributed by atoms with van der Waals surface area (Å²) in [5.74, 6) is -0.213. The molecular formula is C25H23N5O6. The number of nitrogens with one attached hydrogen (secondary N) is 4. The lowest BCUT2D eigenvalue weighted by Gasteiger charge is -2.28. The first-order valence-electron chi connectivity index (χ1n) is 11.3. The summed E-state index contributed by atoms with van der Waals surface area (Å²) in [4.78, 5) is 51.6. The van der Waals surface area contributed by atoms with Gasteiger partial charge in [-0.3, -0.25) is 14.9 Å². The first-order valence-corrected chi connectivity index (χ1v) is 11.3. The van der Waals surface area contributed by atoms with Crippen molar-refractivity contribution >= 4 is 34.8 Å². The summed E-state index contributed by atoms with van der Waals surface area (Å²) in [5.41, 5.74) is 0.601. The quantitative estimate of drug-likeness (QED) is 0.371. The summed E-state index contributed by atoms with van der Waals surface area (Å²) in [6.07, 6.45) is 0. The lowest BCUT2D eigenvalue weighted by molar-refractivity contribution is -0.125. The summed E-state index contributed by atoms with van der Waals surface area (Å²) in [5, 5.41) is 10.9. The van der Waals surface area contributed by atoms with Crippen LogP contribution in [0, 0.1) is 12.1 Å². The van der Waals surface area contributed by atoms with Crippen LogP contribution in [0.1, 0.15) is 34.2 Å². The summed E-state index contributed by atoms with van der Waals surface area (Å²) in [6, 6.07) is 13.4. The van der Waals surface area contributed by atoms with Crippen molar-refractivity contribution in [2.24, 2.45) is 0 Å². The summed E-state index contributed by atoms with van der Waals surface area (Å²) < 4.78 is 11.2. The van der Waals surface area contributed by atoms with Crippen LogP contribution in [0.4, 0.5) is 9.59 Å². The maximum atomic E-state index is 13.1. The molecule has 4 N–H and O–H groups in total. The van der Waals surface area contributed by atoms with Gasteiger partial charge in [-0.1, -0.05) is 12.1 Å². The van der Waals surface area contributed by atoms with Gasteiger partial charge >= 0.3 is 12.1 Å². The van der Waals surface area contributed by atoms with Crippen molar-refractivity contribution in [3.8, 4) is 5.75 Å². The van der Waals surface area contributed by atoms with Crippen LogP contribution in [-0.2, 0) is 23.4 Å². The molecule has 36 heavy (non-hydrogen) atoms. The van der Waals surface area contributed by atoms with E-state index < -0.39 is 17.5 Å². The number of furan rings is 1. The van der Waals surface area contributed by atoms with E-state index in [0.717, 1.165) is 5.56 Å². The molecule has 11 heteroatoms. The average Bonchev–Trinajstić information content (AvgIpc) is 3.51. The Kier molecular flexibility index (Phi) is 5.64. The monoisotopic (exact) mass is 489 g/mol. The minimum atomic E-state index is -1.63. The first-order chi connectivity index (χ1) is 17.3. The lowest BCUT2D eigenvalue weighted by atomic mass is 9.95. The van der Waals surface area contributed by atoms with Crippen molar-refractivity contribution in [3.05, 3.63) is 64.9 Å². The van der Waals surface area contributed by atoms with Crippen LogP contribution < -0.4 is 26.0 Å². The molecule has 0 radical (unpaired) electrons. The number of rotatable bonds is 7. The van der Waals surface area contributed by atoms with Gasteiger partial charge in [0.05, 0.1) is 20.2 Å². The molecular weight excluding hydrogens is 466 g/mol. The number of hydrogen-bond donors (Lipinski definition) is 4. The van der Waals surface area contributed by atoms with E-state index in [4.69, 9.17) is 9.15 Å². The Bertz CT molecular complexity index is 1400. The van der Waals surface area contributed by atoms with Crippen LogP contribution in [0.5, 0.6) is 5.75 Å². The molecule has 0 bridgehead atoms. The Morgan fingerprint density at radius 3 is 2.75 bits per heavy atom. The molecule has 1 fully saturated rings. The van der Waals surface area contributed by atoms with Gasteiger partial charge in [0.1, 0.15) is 11.5 Å². The van der Waals surface area contributed by atoms with Gasteiger partial charge in [-0.05, 0) is 42.8 Å². The second-order valence-corrected chi connectivity index (χ2v) is 8.53. The minimum absolute atomic E-state index is 0.143. The van der Waals surface area contributed by atoms with E-state index in [2.05, 4.69) is 33.4 Å². The maximum Gasteiger partial charge on any atom is 0.322 e. The zero-order valence-electron chi connectivity index (χ0n) is 19.6. The second-order valence-electron chi connectivity index (χ2n) is 8.53. The number of nitrogens with zero attached hydrogens (tertiary/aromatic N) is 1. The van der Waals surface area contributed by atoms with Crippen molar-refractivity contribution in [1.29, 1.82) is 0 Å². The molecule has 2 aliphatic rings. The van der Waals surface area contributed by atoms with Crippen LogP contribution in [0.15, 0.2) is 34.7 Å². The molecule has 184 valence electrons. The first kappa shape index (κ1) is 23.0. The van der Waals surface area contributed by atoms with Crippen LogP contribution in [0.2, 0.25) is 0 Å². The van der Waals surface area contributed by atoms with Crippen molar-refractivity contribution in [1.82, 2.24) is 26.2 Å². The molecule has 3 heterocycles. The number of carbonyl (C=O) groups excluding carboxylic acids is 4. The average molecular weight is 489 g/mol. The topological polar surface area (TPSA) is 142 Å². The zero-order valence-corrected chi connectivity index (χ0v) is 19.6. The van der Waals surface area contributed by atoms with E-state index in [-0.39, 0.29) is 37.3 Å². The van der Waals surface area contributed by atoms with Gasteiger partial charge in [-0.2, -0.15) is 0 Å². The van der Waals surface area contributed by atoms with Gasteiger partial charge in [0.15, 0.2) is 11.1 Å². The fourth-order valence-electron chi connectivity index (χ4n) is 4.41. The van der Waals surface area contributed by atoms with Gasteiger partial charge in [-0.25, -0.2) is 9.59 Å². The number of methoxy groups -OCH3 is 1. The van der Waals surface area contributed by atoms with E-state index in [9.17, 15) is 19.2 Å². The summed E-state index contributed by atoms with van der Waals surface area (Å²) in [6.45, 7) is 2.65. The molecule has 0 aliphatic carbocycles. The summed E-state index contributed by atoms with van der Waals surface area (Å²) in [7, 11) is 1.52. The smallest absolute Gasteiger partial charge is 0.322 e. The number of urea groups is 2. The van der Waals surface area contributed by atoms with Crippen LogP contribution >= 0.6 is 0 Å². The predicted molar refractivity (Wildman–Crippen MR) is 126 cm³/mol. The third-order valence-electron chi connectivity index (χ3n) is 6.19. The Hall–Kier alpha value is -4.72. The molecule has 1 atom stereocenters. The SMILES string of the molecule is CCNC(=O)NCc1c#cc2oc(C3(CN4Cc5ccc(OC)cc5C4=O)NC(=O)NC3=O)cc2c1. The van der Waals surface area contributed by atoms with Crippen molar-refractivity contribution in [3.63, 3.8) is 0 Å². The highest BCUT2D eigenvalue weighted by Crippen LogP contribution is 2.34. The molecule has 0 saturated carbocycles. The maximum absolute atomic E-state index is 13.1. The Morgan fingerprint density at radius 1 is 1.19 bits per heavy atom. The molecule has 6 amide bonds. The largest absolute Gasteiger partial charge is 0.497 e. The number of benzene rings is 1. The minimum Gasteiger partial charge on any atom is -0.497 e. The molecule has 5 rings (SSSR count). The van der Waals surface area contributed by atoms with Gasteiger partial charge in [0.2, 0.25) is 0 Å². The number of amides is 6. The van der Waals surface area contributed by atoms with Gasteiger partial charge in [0, 0.05) is 29.6 Å². The molecule has 1 aromatic heterocycles. The van der Waals surface area contributed by atoms with Crippen molar-refractivity contribution in [2.45, 2.75) is 25.6 Å². The number of carbonyl (C=O) groups is 4. The number of hydrogen-bond acceptors (Lipinski definition) is 6. The van der Waals surface area contributed by atoms with Crippen molar-refractivity contribution < 1.29 is 28.3 Å². The van der Waals surface area contributed by atoms with Crippen LogP contribution in [0.3, 0.4) is 0 Å². The molecule has 1 unspecified atom stereocenters. The molecule has 2 aromatic carbocycles. The normalized spacial score (nSPS) is 18.5. The number of imide groups is 1. The highest BCUT2D eigenvalue weighted by atomic mass is 16.5. The fraction of sp³-hybridized carbons (Fsp3) is 0.280. The predicted octanol–water partition coefficient (Wildman–Crippen LogP) is 1.55. The fourth-order valence-corrected chi connectivity index (χ4v) is 4.41. The van der Waals surface area contributed by atoms with E-state index >= 15 is 0 Å². The zero-order chi connectivity index (χ0) is 25.4. The third kappa shape index (κ3) is 3.92. The Labute approximate surface area is 206 Å². The van der Waals surface area contributed by atoms with Gasteiger partial charge < -0.3 is 30.0 Å². The number of ether oxygens (including phenoxy) is 1. The molecule has 0 spiro atoms. The Balaban J connectivity index is 1.44. The second kappa shape index (κ2) is 8.81. The van der Waals surface area contributed by atoms with Crippen molar-refractivity contribution in [2.75, 3.05) is 20.2 Å². The highest BCUT2D eigenvalue weighted by Gasteiger charge is 2.53. The Morgan fingerprint density at radius 2 is 2.03 bits per heavy atom. The standard InChI is InChI=1S/C25H23N5O6/c1-3-26-23(33)27-11-14-4-7-19-16(8-14)9-20(36-19)25(22(32)28-24(34)29-25)13-30-12-15-5-6-17(35-2)10-18(15)21(30)31/h5-6,8-10H,3,11-13H2,1-2H3,(H2,26,27,33)(H2,28,29,32,34). The highest BCUT2D eigenvalue weighted by molar-refractivity contribution is 6.08. The molecule has 11 nitrogen and oxygen atoms in total. The molecule has 2 aliphatic heterocycles. The van der Waals surface area contributed by atoms with E-state index in [1.807, 2.05) is 6.92 Å². The molecule has 3 aromatic rings.